The first-order valence-electron chi connectivity index (χ1n) is 17.8. The van der Waals surface area contributed by atoms with E-state index in [0.717, 1.165) is 19.6 Å². The summed E-state index contributed by atoms with van der Waals surface area (Å²) >= 11 is 0. The SMILES string of the molecule is C[SiH](C)CCCN(CCCN1C=NCC1)CCC[SiH](C)C.C[SiH](C)CCCN(CCCn1ccnc1)CCC[SiH](C)C. The average molecular weight is 653 g/mol. The lowest BCUT2D eigenvalue weighted by Crippen LogP contribution is -2.31. The van der Waals surface area contributed by atoms with Crippen molar-refractivity contribution in [3.8, 4) is 0 Å². The molecule has 246 valence electrons. The zero-order valence-electron chi connectivity index (χ0n) is 29.4. The van der Waals surface area contributed by atoms with Gasteiger partial charge in [0.05, 0.1) is 19.2 Å². The molecule has 0 saturated carbocycles. The molecule has 0 atom stereocenters. The van der Waals surface area contributed by atoms with E-state index in [9.17, 15) is 0 Å². The maximum atomic E-state index is 4.30. The van der Waals surface area contributed by atoms with Gasteiger partial charge >= 0.3 is 0 Å². The van der Waals surface area contributed by atoms with E-state index in [-0.39, 0.29) is 35.2 Å². The first kappa shape index (κ1) is 39.5. The summed E-state index contributed by atoms with van der Waals surface area (Å²) in [5.74, 6) is 0. The fourth-order valence-corrected chi connectivity index (χ4v) is 9.54. The smallest absolute Gasteiger partial charge is 0.0945 e. The minimum Gasteiger partial charge on any atom is -0.361 e. The summed E-state index contributed by atoms with van der Waals surface area (Å²) in [6.45, 7) is 32.0. The quantitative estimate of drug-likeness (QED) is 0.127. The Kier molecular flexibility index (Phi) is 24.2. The van der Waals surface area contributed by atoms with Gasteiger partial charge in [0.25, 0.3) is 0 Å². The Morgan fingerprint density at radius 2 is 1.02 bits per heavy atom. The van der Waals surface area contributed by atoms with Crippen molar-refractivity contribution in [2.75, 3.05) is 58.9 Å². The fourth-order valence-electron chi connectivity index (χ4n) is 5.54. The normalized spacial score (nSPS) is 13.5. The van der Waals surface area contributed by atoms with E-state index >= 15 is 0 Å². The fraction of sp³-hybridized carbons (Fsp3) is 0.875. The van der Waals surface area contributed by atoms with Crippen molar-refractivity contribution < 1.29 is 0 Å². The van der Waals surface area contributed by atoms with Crippen molar-refractivity contribution in [2.45, 2.75) is 122 Å². The zero-order chi connectivity index (χ0) is 31.0. The minimum absolute atomic E-state index is 0.364. The van der Waals surface area contributed by atoms with Crippen LogP contribution in [0.15, 0.2) is 23.7 Å². The third-order valence-corrected chi connectivity index (χ3v) is 14.4. The lowest BCUT2D eigenvalue weighted by molar-refractivity contribution is 0.261. The largest absolute Gasteiger partial charge is 0.361 e. The first-order valence-corrected chi connectivity index (χ1v) is 30.3. The van der Waals surface area contributed by atoms with Crippen LogP contribution >= 0.6 is 0 Å². The second-order valence-corrected chi connectivity index (χ2v) is 27.9. The Morgan fingerprint density at radius 1 is 0.595 bits per heavy atom. The van der Waals surface area contributed by atoms with Gasteiger partial charge in [0, 0.05) is 67.2 Å². The van der Waals surface area contributed by atoms with Crippen LogP contribution in [0.2, 0.25) is 76.6 Å². The summed E-state index contributed by atoms with van der Waals surface area (Å²) in [4.78, 5) is 16.2. The molecule has 1 aromatic rings. The molecule has 0 N–H and O–H groups in total. The second-order valence-electron chi connectivity index (χ2n) is 14.4. The summed E-state index contributed by atoms with van der Waals surface area (Å²) in [5.41, 5.74) is 0. The molecule has 0 aromatic carbocycles. The highest BCUT2D eigenvalue weighted by Crippen LogP contribution is 2.08. The Morgan fingerprint density at radius 3 is 1.38 bits per heavy atom. The van der Waals surface area contributed by atoms with E-state index in [1.807, 2.05) is 18.9 Å². The number of hydrogen-bond acceptors (Lipinski definition) is 5. The van der Waals surface area contributed by atoms with Gasteiger partial charge in [0.2, 0.25) is 0 Å². The summed E-state index contributed by atoms with van der Waals surface area (Å²) < 4.78 is 2.19. The lowest BCUT2D eigenvalue weighted by Gasteiger charge is -2.24. The highest BCUT2D eigenvalue weighted by Gasteiger charge is 2.10. The maximum Gasteiger partial charge on any atom is 0.0945 e. The minimum atomic E-state index is -0.373. The van der Waals surface area contributed by atoms with Crippen LogP contribution in [0.25, 0.3) is 0 Å². The molecule has 42 heavy (non-hydrogen) atoms. The molecule has 0 saturated heterocycles. The first-order chi connectivity index (χ1) is 20.2. The van der Waals surface area contributed by atoms with Gasteiger partial charge in [-0.05, 0) is 77.8 Å². The Bertz CT molecular complexity index is 717. The molecule has 1 aliphatic heterocycles. The third kappa shape index (κ3) is 23.9. The topological polar surface area (TPSA) is 39.9 Å². The van der Waals surface area contributed by atoms with Gasteiger partial charge in [-0.25, -0.2) is 4.98 Å². The number of aryl methyl sites for hydroxylation is 1. The van der Waals surface area contributed by atoms with Crippen LogP contribution < -0.4 is 0 Å². The summed E-state index contributed by atoms with van der Waals surface area (Å²) in [6, 6.07) is 6.01. The predicted molar refractivity (Wildman–Crippen MR) is 202 cm³/mol. The number of nitrogens with zero attached hydrogens (tertiary/aromatic N) is 6. The van der Waals surface area contributed by atoms with Gasteiger partial charge in [0.15, 0.2) is 0 Å². The molecular weight excluding hydrogens is 581 g/mol. The molecule has 0 fully saturated rings. The Hall–Kier alpha value is -0.532. The molecule has 1 aliphatic rings. The Balaban J connectivity index is 0.000000420. The van der Waals surface area contributed by atoms with Crippen molar-refractivity contribution in [2.24, 2.45) is 4.99 Å². The highest BCUT2D eigenvalue weighted by molar-refractivity contribution is 6.56. The molecule has 0 radical (unpaired) electrons. The monoisotopic (exact) mass is 652 g/mol. The van der Waals surface area contributed by atoms with Crippen LogP contribution in [0.5, 0.6) is 0 Å². The van der Waals surface area contributed by atoms with Crippen molar-refractivity contribution in [3.63, 3.8) is 0 Å². The number of aliphatic imine (C=N–C) groups is 1. The molecule has 0 spiro atoms. The predicted octanol–water partition coefficient (Wildman–Crippen LogP) is 6.10. The van der Waals surface area contributed by atoms with Crippen LogP contribution in [0.4, 0.5) is 0 Å². The molecule has 6 nitrogen and oxygen atoms in total. The molecule has 0 amide bonds. The van der Waals surface area contributed by atoms with Crippen LogP contribution in [0, 0.1) is 0 Å². The number of imidazole rings is 1. The molecule has 1 aromatic heterocycles. The molecular formula is C32H72N6Si4. The lowest BCUT2D eigenvalue weighted by atomic mass is 10.3. The van der Waals surface area contributed by atoms with Crippen molar-refractivity contribution in [1.82, 2.24) is 24.3 Å². The Labute approximate surface area is 269 Å². The van der Waals surface area contributed by atoms with Gasteiger partial charge in [0.1, 0.15) is 0 Å². The van der Waals surface area contributed by atoms with Gasteiger partial charge in [-0.1, -0.05) is 76.6 Å². The van der Waals surface area contributed by atoms with Crippen molar-refractivity contribution >= 4 is 41.5 Å². The number of aromatic nitrogens is 2. The molecule has 2 heterocycles. The van der Waals surface area contributed by atoms with Gasteiger partial charge in [-0.3, -0.25) is 4.99 Å². The standard InChI is InChI=1S/C16H37N3Si2.C16H35N3Si2/c2*1-20(2)14-6-11-18(12-7-15-21(3)4)9-5-10-19-13-8-17-16-19/h16,20-21H,5-15H2,1-4H3;8,13,16,20-21H,5-7,9-12,14-15H2,1-4H3. The molecule has 2 rings (SSSR count). The van der Waals surface area contributed by atoms with E-state index in [1.54, 1.807) is 0 Å². The van der Waals surface area contributed by atoms with Crippen molar-refractivity contribution in [3.05, 3.63) is 18.7 Å². The summed E-state index contributed by atoms with van der Waals surface area (Å²) in [6.07, 6.45) is 16.1. The van der Waals surface area contributed by atoms with Crippen LogP contribution in [-0.4, -0.2) is 125 Å². The van der Waals surface area contributed by atoms with Crippen LogP contribution in [0.1, 0.15) is 38.5 Å². The molecule has 0 bridgehead atoms. The molecule has 10 heteroatoms. The van der Waals surface area contributed by atoms with E-state index in [4.69, 9.17) is 0 Å². The highest BCUT2D eigenvalue weighted by atomic mass is 28.3. The van der Waals surface area contributed by atoms with E-state index in [2.05, 4.69) is 87.8 Å². The van der Waals surface area contributed by atoms with E-state index in [1.165, 1.54) is 109 Å². The second kappa shape index (κ2) is 25.8. The van der Waals surface area contributed by atoms with Crippen LogP contribution in [-0.2, 0) is 6.54 Å². The van der Waals surface area contributed by atoms with Crippen molar-refractivity contribution in [1.29, 1.82) is 0 Å². The van der Waals surface area contributed by atoms with Crippen LogP contribution in [0.3, 0.4) is 0 Å². The van der Waals surface area contributed by atoms with E-state index in [0.29, 0.717) is 0 Å². The number of hydrogen-bond donors (Lipinski definition) is 0. The summed E-state index contributed by atoms with van der Waals surface area (Å²) in [7, 11) is -1.47. The number of rotatable bonds is 24. The van der Waals surface area contributed by atoms with E-state index < -0.39 is 0 Å². The van der Waals surface area contributed by atoms with Gasteiger partial charge < -0.3 is 19.3 Å². The molecule has 0 aliphatic carbocycles. The van der Waals surface area contributed by atoms with Gasteiger partial charge in [-0.15, -0.1) is 0 Å². The summed E-state index contributed by atoms with van der Waals surface area (Å²) in [5, 5.41) is 0. The molecule has 0 unspecified atom stereocenters. The average Bonchev–Trinajstić information content (AvgIpc) is 3.62. The zero-order valence-corrected chi connectivity index (χ0v) is 34.1. The van der Waals surface area contributed by atoms with Gasteiger partial charge in [-0.2, -0.15) is 0 Å². The third-order valence-electron chi connectivity index (χ3n) is 8.15. The maximum absolute atomic E-state index is 4.30.